The SMILES string of the molecule is Cc1ncc(C(=O)O)cc1-c1ccc2nc(N)sc2c1. The zero-order valence-electron chi connectivity index (χ0n) is 10.6. The lowest BCUT2D eigenvalue weighted by Gasteiger charge is -2.06. The van der Waals surface area contributed by atoms with Gasteiger partial charge in [0.25, 0.3) is 0 Å². The van der Waals surface area contributed by atoms with E-state index >= 15 is 0 Å². The number of hydrogen-bond acceptors (Lipinski definition) is 5. The van der Waals surface area contributed by atoms with Crippen LogP contribution in [0.5, 0.6) is 0 Å². The molecule has 5 nitrogen and oxygen atoms in total. The first kappa shape index (κ1) is 12.6. The number of carbonyl (C=O) groups is 1. The highest BCUT2D eigenvalue weighted by atomic mass is 32.1. The lowest BCUT2D eigenvalue weighted by molar-refractivity contribution is 0.0696. The van der Waals surface area contributed by atoms with Crippen LogP contribution in [0.1, 0.15) is 16.1 Å². The fraction of sp³-hybridized carbons (Fsp3) is 0.0714. The van der Waals surface area contributed by atoms with E-state index in [1.165, 1.54) is 17.5 Å². The molecule has 0 amide bonds. The summed E-state index contributed by atoms with van der Waals surface area (Å²) in [5, 5.41) is 9.58. The Hall–Kier alpha value is -2.47. The molecule has 100 valence electrons. The quantitative estimate of drug-likeness (QED) is 0.755. The van der Waals surface area contributed by atoms with E-state index in [4.69, 9.17) is 10.8 Å². The minimum absolute atomic E-state index is 0.175. The van der Waals surface area contributed by atoms with Crippen molar-refractivity contribution < 1.29 is 9.90 Å². The number of nitrogens with two attached hydrogens (primary N) is 1. The summed E-state index contributed by atoms with van der Waals surface area (Å²) < 4.78 is 0.972. The molecule has 0 aliphatic rings. The van der Waals surface area contributed by atoms with E-state index in [1.807, 2.05) is 25.1 Å². The van der Waals surface area contributed by atoms with Crippen LogP contribution in [0.15, 0.2) is 30.5 Å². The average Bonchev–Trinajstić information content (AvgIpc) is 2.78. The van der Waals surface area contributed by atoms with Gasteiger partial charge in [0.1, 0.15) is 0 Å². The van der Waals surface area contributed by atoms with Crippen molar-refractivity contribution in [2.24, 2.45) is 0 Å². The number of nitrogen functional groups attached to an aromatic ring is 1. The Morgan fingerprint density at radius 1 is 1.35 bits per heavy atom. The third-order valence-corrected chi connectivity index (χ3v) is 3.90. The molecule has 3 N–H and O–H groups in total. The summed E-state index contributed by atoms with van der Waals surface area (Å²) in [5.41, 5.74) is 9.21. The molecule has 3 rings (SSSR count). The maximum atomic E-state index is 11.0. The number of carboxylic acid groups (broad SMARTS) is 1. The van der Waals surface area contributed by atoms with Crippen LogP contribution >= 0.6 is 11.3 Å². The summed E-state index contributed by atoms with van der Waals surface area (Å²) in [6.45, 7) is 1.85. The van der Waals surface area contributed by atoms with Crippen LogP contribution in [0, 0.1) is 6.92 Å². The second-order valence-electron chi connectivity index (χ2n) is 4.40. The van der Waals surface area contributed by atoms with Crippen molar-refractivity contribution >= 4 is 32.7 Å². The van der Waals surface area contributed by atoms with E-state index in [1.54, 1.807) is 6.07 Å². The molecule has 0 fully saturated rings. The van der Waals surface area contributed by atoms with Crippen molar-refractivity contribution in [3.8, 4) is 11.1 Å². The molecule has 2 aromatic heterocycles. The molecule has 20 heavy (non-hydrogen) atoms. The van der Waals surface area contributed by atoms with Crippen molar-refractivity contribution in [1.82, 2.24) is 9.97 Å². The molecule has 0 radical (unpaired) electrons. The molecular formula is C14H11N3O2S. The van der Waals surface area contributed by atoms with E-state index < -0.39 is 5.97 Å². The number of nitrogens with zero attached hydrogens (tertiary/aromatic N) is 2. The second kappa shape index (κ2) is 4.57. The molecular weight excluding hydrogens is 274 g/mol. The van der Waals surface area contributed by atoms with Crippen LogP contribution in [0.25, 0.3) is 21.3 Å². The van der Waals surface area contributed by atoms with Crippen LogP contribution in [-0.2, 0) is 0 Å². The molecule has 3 aromatic rings. The van der Waals surface area contributed by atoms with Crippen molar-refractivity contribution in [1.29, 1.82) is 0 Å². The Balaban J connectivity index is 2.18. The van der Waals surface area contributed by atoms with Gasteiger partial charge in [0.2, 0.25) is 0 Å². The fourth-order valence-corrected chi connectivity index (χ4v) is 2.83. The molecule has 0 unspecified atom stereocenters. The third kappa shape index (κ3) is 2.10. The summed E-state index contributed by atoms with van der Waals surface area (Å²) in [6, 6.07) is 7.37. The molecule has 1 aromatic carbocycles. The van der Waals surface area contributed by atoms with E-state index in [0.717, 1.165) is 27.0 Å². The highest BCUT2D eigenvalue weighted by Gasteiger charge is 2.10. The molecule has 0 spiro atoms. The average molecular weight is 285 g/mol. The predicted octanol–water partition coefficient (Wildman–Crippen LogP) is 2.95. The Morgan fingerprint density at radius 3 is 2.90 bits per heavy atom. The van der Waals surface area contributed by atoms with Crippen LogP contribution in [-0.4, -0.2) is 21.0 Å². The monoisotopic (exact) mass is 285 g/mol. The van der Waals surface area contributed by atoms with E-state index in [2.05, 4.69) is 9.97 Å². The summed E-state index contributed by atoms with van der Waals surface area (Å²) in [4.78, 5) is 19.4. The van der Waals surface area contributed by atoms with Crippen molar-refractivity contribution in [3.63, 3.8) is 0 Å². The van der Waals surface area contributed by atoms with Gasteiger partial charge in [-0.25, -0.2) is 9.78 Å². The van der Waals surface area contributed by atoms with Crippen LogP contribution in [0.3, 0.4) is 0 Å². The Kier molecular flexibility index (Phi) is 2.87. The summed E-state index contributed by atoms with van der Waals surface area (Å²) in [5.74, 6) is -0.984. The lowest BCUT2D eigenvalue weighted by Crippen LogP contribution is -1.99. The molecule has 0 atom stereocenters. The van der Waals surface area contributed by atoms with Crippen LogP contribution in [0.2, 0.25) is 0 Å². The van der Waals surface area contributed by atoms with Gasteiger partial charge in [-0.05, 0) is 30.7 Å². The molecule has 0 aliphatic carbocycles. The van der Waals surface area contributed by atoms with Gasteiger partial charge in [0.15, 0.2) is 5.13 Å². The van der Waals surface area contributed by atoms with E-state index in [0.29, 0.717) is 5.13 Å². The van der Waals surface area contributed by atoms with Gasteiger partial charge < -0.3 is 10.8 Å². The largest absolute Gasteiger partial charge is 0.478 e. The molecule has 2 heterocycles. The number of aromatic nitrogens is 2. The number of carboxylic acids is 1. The van der Waals surface area contributed by atoms with Gasteiger partial charge in [0.05, 0.1) is 15.8 Å². The second-order valence-corrected chi connectivity index (χ2v) is 5.46. The number of aryl methyl sites for hydroxylation is 1. The standard InChI is InChI=1S/C14H11N3O2S/c1-7-10(4-9(6-16-7)13(18)19)8-2-3-11-12(5-8)20-14(15)17-11/h2-6H,1H3,(H2,15,17)(H,18,19). The fourth-order valence-electron chi connectivity index (χ4n) is 2.05. The Labute approximate surface area is 118 Å². The minimum Gasteiger partial charge on any atom is -0.478 e. The van der Waals surface area contributed by atoms with Gasteiger partial charge in [-0.1, -0.05) is 17.4 Å². The number of anilines is 1. The smallest absolute Gasteiger partial charge is 0.337 e. The molecule has 0 bridgehead atoms. The third-order valence-electron chi connectivity index (χ3n) is 3.05. The molecule has 0 saturated carbocycles. The molecule has 0 saturated heterocycles. The number of benzene rings is 1. The van der Waals surface area contributed by atoms with Gasteiger partial charge in [-0.2, -0.15) is 0 Å². The highest BCUT2D eigenvalue weighted by Crippen LogP contribution is 2.30. The normalized spacial score (nSPS) is 10.8. The molecule has 6 heteroatoms. The lowest BCUT2D eigenvalue weighted by atomic mass is 10.0. The van der Waals surface area contributed by atoms with Crippen molar-refractivity contribution in [3.05, 3.63) is 41.7 Å². The maximum Gasteiger partial charge on any atom is 0.337 e. The van der Waals surface area contributed by atoms with E-state index in [-0.39, 0.29) is 5.56 Å². The number of fused-ring (bicyclic) bond motifs is 1. The number of rotatable bonds is 2. The Bertz CT molecular complexity index is 826. The first-order valence-corrected chi connectivity index (χ1v) is 6.72. The number of hydrogen-bond donors (Lipinski definition) is 2. The summed E-state index contributed by atoms with van der Waals surface area (Å²) in [6.07, 6.45) is 1.37. The predicted molar refractivity (Wildman–Crippen MR) is 79.0 cm³/mol. The first-order chi connectivity index (χ1) is 9.54. The topological polar surface area (TPSA) is 89.1 Å². The minimum atomic E-state index is -0.984. The summed E-state index contributed by atoms with van der Waals surface area (Å²) in [7, 11) is 0. The van der Waals surface area contributed by atoms with E-state index in [9.17, 15) is 4.79 Å². The van der Waals surface area contributed by atoms with Gasteiger partial charge in [0, 0.05) is 17.5 Å². The number of pyridine rings is 1. The zero-order valence-corrected chi connectivity index (χ0v) is 11.4. The van der Waals surface area contributed by atoms with Crippen LogP contribution < -0.4 is 5.73 Å². The van der Waals surface area contributed by atoms with Crippen molar-refractivity contribution in [2.45, 2.75) is 6.92 Å². The highest BCUT2D eigenvalue weighted by molar-refractivity contribution is 7.22. The van der Waals surface area contributed by atoms with Crippen molar-refractivity contribution in [2.75, 3.05) is 5.73 Å². The maximum absolute atomic E-state index is 11.0. The van der Waals surface area contributed by atoms with Gasteiger partial charge >= 0.3 is 5.97 Å². The zero-order chi connectivity index (χ0) is 14.3. The van der Waals surface area contributed by atoms with Crippen LogP contribution in [0.4, 0.5) is 5.13 Å². The number of thiazole rings is 1. The first-order valence-electron chi connectivity index (χ1n) is 5.91. The van der Waals surface area contributed by atoms with Gasteiger partial charge in [-0.3, -0.25) is 4.98 Å². The Morgan fingerprint density at radius 2 is 2.15 bits per heavy atom. The molecule has 0 aliphatic heterocycles. The van der Waals surface area contributed by atoms with Gasteiger partial charge in [-0.15, -0.1) is 0 Å². The number of aromatic carboxylic acids is 1. The summed E-state index contributed by atoms with van der Waals surface area (Å²) >= 11 is 1.41.